The molecule has 2 aromatic heterocycles. The Morgan fingerprint density at radius 2 is 2.12 bits per heavy atom. The number of hydrogen-bond donors (Lipinski definition) is 0. The summed E-state index contributed by atoms with van der Waals surface area (Å²) in [7, 11) is 2.01. The first-order chi connectivity index (χ1) is 7.75. The first-order valence-corrected chi connectivity index (χ1v) is 5.10. The average molecular weight is 213 g/mol. The summed E-state index contributed by atoms with van der Waals surface area (Å²) >= 11 is 0. The van der Waals surface area contributed by atoms with Crippen LogP contribution in [-0.2, 0) is 7.05 Å². The van der Waals surface area contributed by atoms with Gasteiger partial charge in [0.05, 0.1) is 17.2 Å². The van der Waals surface area contributed by atoms with Gasteiger partial charge in [-0.25, -0.2) is 4.98 Å². The van der Waals surface area contributed by atoms with E-state index in [0.717, 1.165) is 28.2 Å². The first kappa shape index (κ1) is 9.15. The van der Waals surface area contributed by atoms with E-state index in [1.165, 1.54) is 0 Å². The predicted octanol–water partition coefficient (Wildman–Crippen LogP) is 2.54. The second kappa shape index (κ2) is 3.20. The van der Waals surface area contributed by atoms with Gasteiger partial charge in [-0.1, -0.05) is 5.16 Å². The predicted molar refractivity (Wildman–Crippen MR) is 60.9 cm³/mol. The van der Waals surface area contributed by atoms with E-state index >= 15 is 0 Å². The molecule has 4 nitrogen and oxygen atoms in total. The van der Waals surface area contributed by atoms with E-state index in [1.54, 1.807) is 6.20 Å². The maximum Gasteiger partial charge on any atom is 0.166 e. The molecule has 0 bridgehead atoms. The molecule has 0 aliphatic carbocycles. The zero-order valence-corrected chi connectivity index (χ0v) is 9.14. The van der Waals surface area contributed by atoms with Gasteiger partial charge in [0.1, 0.15) is 5.82 Å². The summed E-state index contributed by atoms with van der Waals surface area (Å²) < 4.78 is 7.19. The van der Waals surface area contributed by atoms with Crippen LogP contribution in [0, 0.1) is 6.92 Å². The van der Waals surface area contributed by atoms with Crippen LogP contribution >= 0.6 is 0 Å². The van der Waals surface area contributed by atoms with Crippen LogP contribution in [-0.4, -0.2) is 14.7 Å². The molecule has 0 saturated heterocycles. The monoisotopic (exact) mass is 213 g/mol. The van der Waals surface area contributed by atoms with Gasteiger partial charge in [0, 0.05) is 18.7 Å². The lowest BCUT2D eigenvalue weighted by Crippen LogP contribution is -1.89. The molecule has 0 aliphatic rings. The molecular formula is C12H11N3O. The van der Waals surface area contributed by atoms with Crippen LogP contribution in [0.1, 0.15) is 5.82 Å². The molecular weight excluding hydrogens is 202 g/mol. The maximum absolute atomic E-state index is 5.12. The zero-order valence-electron chi connectivity index (χ0n) is 9.14. The quantitative estimate of drug-likeness (QED) is 0.624. The van der Waals surface area contributed by atoms with Gasteiger partial charge in [0.25, 0.3) is 0 Å². The highest BCUT2D eigenvalue weighted by atomic mass is 16.5. The summed E-state index contributed by atoms with van der Waals surface area (Å²) in [4.78, 5) is 4.48. The molecule has 0 fully saturated rings. The lowest BCUT2D eigenvalue weighted by Gasteiger charge is -1.97. The Labute approximate surface area is 92.5 Å². The molecule has 0 amide bonds. The first-order valence-electron chi connectivity index (χ1n) is 5.10. The Kier molecular flexibility index (Phi) is 1.83. The van der Waals surface area contributed by atoms with Gasteiger partial charge in [-0.05, 0) is 25.1 Å². The van der Waals surface area contributed by atoms with Crippen molar-refractivity contribution in [1.29, 1.82) is 0 Å². The molecule has 0 atom stereocenters. The van der Waals surface area contributed by atoms with Crippen LogP contribution in [0.25, 0.3) is 22.4 Å². The normalized spacial score (nSPS) is 11.1. The van der Waals surface area contributed by atoms with Crippen molar-refractivity contribution in [3.63, 3.8) is 0 Å². The third-order valence-electron chi connectivity index (χ3n) is 2.83. The molecule has 16 heavy (non-hydrogen) atoms. The SMILES string of the molecule is Cc1nc2cc(-c3ccno3)ccc2n1C. The maximum atomic E-state index is 5.12. The Bertz CT molecular complexity index is 638. The molecule has 0 saturated carbocycles. The molecule has 1 aromatic carbocycles. The van der Waals surface area contributed by atoms with Gasteiger partial charge in [0.2, 0.25) is 0 Å². The minimum absolute atomic E-state index is 0.769. The number of fused-ring (bicyclic) bond motifs is 1. The van der Waals surface area contributed by atoms with Gasteiger partial charge >= 0.3 is 0 Å². The van der Waals surface area contributed by atoms with Gasteiger partial charge < -0.3 is 9.09 Å². The van der Waals surface area contributed by atoms with E-state index in [1.807, 2.05) is 38.2 Å². The lowest BCUT2D eigenvalue weighted by molar-refractivity contribution is 0.432. The van der Waals surface area contributed by atoms with E-state index in [9.17, 15) is 0 Å². The van der Waals surface area contributed by atoms with Crippen molar-refractivity contribution >= 4 is 11.0 Å². The molecule has 0 N–H and O–H groups in total. The number of nitrogens with zero attached hydrogens (tertiary/aromatic N) is 3. The van der Waals surface area contributed by atoms with Crippen LogP contribution in [0.2, 0.25) is 0 Å². The molecule has 80 valence electrons. The van der Waals surface area contributed by atoms with E-state index in [-0.39, 0.29) is 0 Å². The molecule has 0 unspecified atom stereocenters. The van der Waals surface area contributed by atoms with Crippen molar-refractivity contribution in [2.45, 2.75) is 6.92 Å². The minimum Gasteiger partial charge on any atom is -0.356 e. The van der Waals surface area contributed by atoms with E-state index in [0.29, 0.717) is 0 Å². The van der Waals surface area contributed by atoms with Crippen LogP contribution in [0.3, 0.4) is 0 Å². The highest BCUT2D eigenvalue weighted by Crippen LogP contribution is 2.23. The highest BCUT2D eigenvalue weighted by Gasteiger charge is 2.07. The van der Waals surface area contributed by atoms with Crippen molar-refractivity contribution in [1.82, 2.24) is 14.7 Å². The fourth-order valence-corrected chi connectivity index (χ4v) is 1.84. The smallest absolute Gasteiger partial charge is 0.166 e. The summed E-state index contributed by atoms with van der Waals surface area (Å²) in [6.07, 6.45) is 1.64. The third-order valence-corrected chi connectivity index (χ3v) is 2.83. The Balaban J connectivity index is 2.24. The summed E-state index contributed by atoms with van der Waals surface area (Å²) in [6.45, 7) is 1.99. The lowest BCUT2D eigenvalue weighted by atomic mass is 10.1. The number of benzene rings is 1. The Morgan fingerprint density at radius 3 is 2.88 bits per heavy atom. The number of aryl methyl sites for hydroxylation is 2. The summed E-state index contributed by atoms with van der Waals surface area (Å²) in [5, 5.41) is 3.70. The van der Waals surface area contributed by atoms with E-state index < -0.39 is 0 Å². The Hall–Kier alpha value is -2.10. The van der Waals surface area contributed by atoms with Crippen LogP contribution in [0.15, 0.2) is 35.0 Å². The topological polar surface area (TPSA) is 43.9 Å². The number of aromatic nitrogens is 3. The van der Waals surface area contributed by atoms with Crippen molar-refractivity contribution in [2.75, 3.05) is 0 Å². The second-order valence-electron chi connectivity index (χ2n) is 3.80. The van der Waals surface area contributed by atoms with Gasteiger partial charge in [0.15, 0.2) is 5.76 Å². The molecule has 4 heteroatoms. The van der Waals surface area contributed by atoms with E-state index in [2.05, 4.69) is 14.7 Å². The van der Waals surface area contributed by atoms with Gasteiger partial charge in [-0.15, -0.1) is 0 Å². The molecule has 0 spiro atoms. The van der Waals surface area contributed by atoms with Crippen molar-refractivity contribution < 1.29 is 4.52 Å². The van der Waals surface area contributed by atoms with Crippen molar-refractivity contribution in [2.24, 2.45) is 7.05 Å². The number of hydrogen-bond acceptors (Lipinski definition) is 3. The summed E-state index contributed by atoms with van der Waals surface area (Å²) in [5.41, 5.74) is 3.11. The van der Waals surface area contributed by atoms with E-state index in [4.69, 9.17) is 4.52 Å². The minimum atomic E-state index is 0.769. The zero-order chi connectivity index (χ0) is 11.1. The summed E-state index contributed by atoms with van der Waals surface area (Å²) in [6, 6.07) is 7.93. The van der Waals surface area contributed by atoms with Crippen molar-refractivity contribution in [3.8, 4) is 11.3 Å². The van der Waals surface area contributed by atoms with Gasteiger partial charge in [-0.3, -0.25) is 0 Å². The molecule has 3 aromatic rings. The van der Waals surface area contributed by atoms with Crippen LogP contribution in [0.5, 0.6) is 0 Å². The van der Waals surface area contributed by atoms with Gasteiger partial charge in [-0.2, -0.15) is 0 Å². The summed E-state index contributed by atoms with van der Waals surface area (Å²) in [5.74, 6) is 1.77. The molecule has 0 aliphatic heterocycles. The van der Waals surface area contributed by atoms with Crippen molar-refractivity contribution in [3.05, 3.63) is 36.3 Å². The highest BCUT2D eigenvalue weighted by molar-refractivity contribution is 5.81. The molecule has 3 rings (SSSR count). The number of imidazole rings is 1. The Morgan fingerprint density at radius 1 is 1.25 bits per heavy atom. The molecule has 2 heterocycles. The third kappa shape index (κ3) is 1.23. The number of rotatable bonds is 1. The second-order valence-corrected chi connectivity index (χ2v) is 3.80. The van der Waals surface area contributed by atoms with Crippen LogP contribution in [0.4, 0.5) is 0 Å². The largest absolute Gasteiger partial charge is 0.356 e. The average Bonchev–Trinajstić information content (AvgIpc) is 2.88. The molecule has 0 radical (unpaired) electrons. The fourth-order valence-electron chi connectivity index (χ4n) is 1.84. The van der Waals surface area contributed by atoms with Crippen LogP contribution < -0.4 is 0 Å². The fraction of sp³-hybridized carbons (Fsp3) is 0.167. The standard InChI is InChI=1S/C12H11N3O/c1-8-14-10-7-9(12-5-6-13-16-12)3-4-11(10)15(8)2/h3-7H,1-2H3.